The normalized spacial score (nSPS) is 25.5. The van der Waals surface area contributed by atoms with Crippen LogP contribution in [0.1, 0.15) is 5.56 Å². The summed E-state index contributed by atoms with van der Waals surface area (Å²) in [5.74, 6) is -0.712. The standard InChI is InChI=1S/C10H11NO2/c12-10(13)9-7-11(9)6-8-4-2-1-3-5-8/h1-5,9H,6-7H2,(H,12,13). The molecule has 0 radical (unpaired) electrons. The van der Waals surface area contributed by atoms with Gasteiger partial charge < -0.3 is 5.11 Å². The van der Waals surface area contributed by atoms with E-state index >= 15 is 0 Å². The maximum atomic E-state index is 10.5. The van der Waals surface area contributed by atoms with Crippen LogP contribution in [-0.4, -0.2) is 28.6 Å². The van der Waals surface area contributed by atoms with Gasteiger partial charge in [0.15, 0.2) is 0 Å². The fourth-order valence-corrected chi connectivity index (χ4v) is 1.40. The minimum absolute atomic E-state index is 0.250. The summed E-state index contributed by atoms with van der Waals surface area (Å²) in [7, 11) is 0. The highest BCUT2D eigenvalue weighted by molar-refractivity contribution is 5.76. The minimum atomic E-state index is -0.712. The Balaban J connectivity index is 1.92. The van der Waals surface area contributed by atoms with Crippen LogP contribution in [0.4, 0.5) is 0 Å². The highest BCUT2D eigenvalue weighted by Crippen LogP contribution is 2.20. The molecule has 1 fully saturated rings. The number of benzene rings is 1. The maximum absolute atomic E-state index is 10.5. The Hall–Kier alpha value is -1.35. The zero-order valence-electron chi connectivity index (χ0n) is 7.18. The first-order chi connectivity index (χ1) is 6.27. The summed E-state index contributed by atoms with van der Waals surface area (Å²) < 4.78 is 0. The van der Waals surface area contributed by atoms with Gasteiger partial charge in [-0.1, -0.05) is 30.3 Å². The Labute approximate surface area is 76.6 Å². The van der Waals surface area contributed by atoms with Crippen LogP contribution < -0.4 is 0 Å². The van der Waals surface area contributed by atoms with Crippen LogP contribution in [0.2, 0.25) is 0 Å². The first-order valence-corrected chi connectivity index (χ1v) is 4.28. The van der Waals surface area contributed by atoms with Gasteiger partial charge in [0, 0.05) is 13.1 Å². The van der Waals surface area contributed by atoms with Crippen molar-refractivity contribution in [2.75, 3.05) is 6.54 Å². The second-order valence-electron chi connectivity index (χ2n) is 3.27. The maximum Gasteiger partial charge on any atom is 0.322 e. The van der Waals surface area contributed by atoms with E-state index in [4.69, 9.17) is 5.11 Å². The van der Waals surface area contributed by atoms with Gasteiger partial charge in [-0.05, 0) is 5.56 Å². The molecule has 1 aliphatic heterocycles. The molecule has 2 atom stereocenters. The van der Waals surface area contributed by atoms with E-state index in [1.54, 1.807) is 0 Å². The summed E-state index contributed by atoms with van der Waals surface area (Å²) in [4.78, 5) is 12.4. The molecule has 1 aliphatic rings. The average Bonchev–Trinajstić information content (AvgIpc) is 2.86. The van der Waals surface area contributed by atoms with Crippen molar-refractivity contribution in [3.05, 3.63) is 35.9 Å². The van der Waals surface area contributed by atoms with Crippen molar-refractivity contribution >= 4 is 5.97 Å². The van der Waals surface area contributed by atoms with E-state index in [1.165, 1.54) is 5.56 Å². The van der Waals surface area contributed by atoms with Gasteiger partial charge in [0.25, 0.3) is 0 Å². The molecule has 2 rings (SSSR count). The first kappa shape index (κ1) is 8.26. The number of nitrogens with zero attached hydrogens (tertiary/aromatic N) is 1. The fourth-order valence-electron chi connectivity index (χ4n) is 1.40. The van der Waals surface area contributed by atoms with E-state index in [0.29, 0.717) is 6.54 Å². The topological polar surface area (TPSA) is 40.3 Å². The summed E-state index contributed by atoms with van der Waals surface area (Å²) in [5.41, 5.74) is 1.17. The molecule has 0 spiro atoms. The van der Waals surface area contributed by atoms with Crippen molar-refractivity contribution in [3.63, 3.8) is 0 Å². The highest BCUT2D eigenvalue weighted by Gasteiger charge is 2.39. The van der Waals surface area contributed by atoms with E-state index in [0.717, 1.165) is 6.54 Å². The van der Waals surface area contributed by atoms with Crippen LogP contribution in [0.3, 0.4) is 0 Å². The van der Waals surface area contributed by atoms with E-state index in [9.17, 15) is 4.79 Å². The van der Waals surface area contributed by atoms with Gasteiger partial charge >= 0.3 is 5.97 Å². The molecule has 0 aromatic heterocycles. The quantitative estimate of drug-likeness (QED) is 0.699. The Morgan fingerprint density at radius 3 is 2.69 bits per heavy atom. The third-order valence-electron chi connectivity index (χ3n) is 2.23. The molecule has 1 aromatic carbocycles. The van der Waals surface area contributed by atoms with Gasteiger partial charge in [0.1, 0.15) is 6.04 Å². The zero-order valence-corrected chi connectivity index (χ0v) is 7.18. The monoisotopic (exact) mass is 177 g/mol. The summed E-state index contributed by atoms with van der Waals surface area (Å²) in [6.45, 7) is 1.43. The lowest BCUT2D eigenvalue weighted by Crippen LogP contribution is -2.11. The third kappa shape index (κ3) is 1.87. The Kier molecular flexibility index (Phi) is 2.02. The van der Waals surface area contributed by atoms with Gasteiger partial charge in [0.2, 0.25) is 0 Å². The highest BCUT2D eigenvalue weighted by atomic mass is 16.4. The average molecular weight is 177 g/mol. The lowest BCUT2D eigenvalue weighted by atomic mass is 10.2. The number of carboxylic acids is 1. The third-order valence-corrected chi connectivity index (χ3v) is 2.23. The van der Waals surface area contributed by atoms with E-state index in [2.05, 4.69) is 0 Å². The van der Waals surface area contributed by atoms with E-state index in [-0.39, 0.29) is 6.04 Å². The number of carboxylic acid groups (broad SMARTS) is 1. The second-order valence-corrected chi connectivity index (χ2v) is 3.27. The molecule has 0 saturated carbocycles. The summed E-state index contributed by atoms with van der Waals surface area (Å²) in [6, 6.07) is 9.66. The van der Waals surface area contributed by atoms with Crippen LogP contribution in [0.5, 0.6) is 0 Å². The molecule has 1 heterocycles. The van der Waals surface area contributed by atoms with E-state index in [1.807, 2.05) is 35.2 Å². The van der Waals surface area contributed by atoms with Gasteiger partial charge in [-0.15, -0.1) is 0 Å². The van der Waals surface area contributed by atoms with Crippen molar-refractivity contribution in [1.82, 2.24) is 4.90 Å². The number of carbonyl (C=O) groups is 1. The van der Waals surface area contributed by atoms with Gasteiger partial charge in [-0.25, -0.2) is 0 Å². The molecule has 1 N–H and O–H groups in total. The van der Waals surface area contributed by atoms with Crippen molar-refractivity contribution < 1.29 is 9.90 Å². The van der Waals surface area contributed by atoms with Crippen LogP contribution in [0, 0.1) is 0 Å². The molecule has 13 heavy (non-hydrogen) atoms. The molecule has 0 bridgehead atoms. The van der Waals surface area contributed by atoms with Crippen LogP contribution in [0.15, 0.2) is 30.3 Å². The van der Waals surface area contributed by atoms with Crippen molar-refractivity contribution in [2.24, 2.45) is 0 Å². The minimum Gasteiger partial charge on any atom is -0.480 e. The second kappa shape index (κ2) is 3.18. The van der Waals surface area contributed by atoms with Gasteiger partial charge in [-0.2, -0.15) is 0 Å². The smallest absolute Gasteiger partial charge is 0.322 e. The van der Waals surface area contributed by atoms with Gasteiger partial charge in [0.05, 0.1) is 0 Å². The molecule has 2 unspecified atom stereocenters. The summed E-state index contributed by atoms with van der Waals surface area (Å²) >= 11 is 0. The molecule has 1 aromatic rings. The van der Waals surface area contributed by atoms with E-state index < -0.39 is 5.97 Å². The SMILES string of the molecule is O=C(O)C1CN1Cc1ccccc1. The molecule has 1 saturated heterocycles. The predicted molar refractivity (Wildman–Crippen MR) is 48.3 cm³/mol. The first-order valence-electron chi connectivity index (χ1n) is 4.28. The Morgan fingerprint density at radius 2 is 2.15 bits per heavy atom. The number of hydrogen-bond donors (Lipinski definition) is 1. The van der Waals surface area contributed by atoms with Crippen LogP contribution in [0.25, 0.3) is 0 Å². The summed E-state index contributed by atoms with van der Waals surface area (Å²) in [5, 5.41) is 8.66. The summed E-state index contributed by atoms with van der Waals surface area (Å²) in [6.07, 6.45) is 0. The number of rotatable bonds is 3. The van der Waals surface area contributed by atoms with Crippen molar-refractivity contribution in [3.8, 4) is 0 Å². The largest absolute Gasteiger partial charge is 0.480 e. The molecule has 3 nitrogen and oxygen atoms in total. The molecular formula is C10H11NO2. The zero-order chi connectivity index (χ0) is 9.26. The molecule has 68 valence electrons. The van der Waals surface area contributed by atoms with Crippen LogP contribution in [-0.2, 0) is 11.3 Å². The fraction of sp³-hybridized carbons (Fsp3) is 0.300. The van der Waals surface area contributed by atoms with Crippen LogP contribution >= 0.6 is 0 Å². The number of aliphatic carboxylic acids is 1. The molecule has 0 aliphatic carbocycles. The Morgan fingerprint density at radius 1 is 1.46 bits per heavy atom. The van der Waals surface area contributed by atoms with Crippen molar-refractivity contribution in [1.29, 1.82) is 0 Å². The lowest BCUT2D eigenvalue weighted by molar-refractivity contribution is -0.137. The lowest BCUT2D eigenvalue weighted by Gasteiger charge is -2.00. The molecular weight excluding hydrogens is 166 g/mol. The van der Waals surface area contributed by atoms with Gasteiger partial charge in [-0.3, -0.25) is 9.69 Å². The van der Waals surface area contributed by atoms with Crippen molar-refractivity contribution in [2.45, 2.75) is 12.6 Å². The molecule has 3 heteroatoms. The molecule has 0 amide bonds. The predicted octanol–water partition coefficient (Wildman–Crippen LogP) is 0.955. The Bertz CT molecular complexity index is 310. The number of hydrogen-bond acceptors (Lipinski definition) is 2.